The molecule has 0 aromatic carbocycles. The maximum absolute atomic E-state index is 4.18. The van der Waals surface area contributed by atoms with Gasteiger partial charge in [-0.1, -0.05) is 19.3 Å². The fraction of sp³-hybridized carbons (Fsp3) is 1.00. The zero-order valence-corrected chi connectivity index (χ0v) is 5.98. The number of hydrogen-bond acceptors (Lipinski definition) is 0. The molecular formula is C5H10Li2N. The summed E-state index contributed by atoms with van der Waals surface area (Å²) in [5, 5.41) is 4.18. The Morgan fingerprint density at radius 3 is 1.50 bits per heavy atom. The van der Waals surface area contributed by atoms with Gasteiger partial charge in [0, 0.05) is 18.9 Å². The van der Waals surface area contributed by atoms with Gasteiger partial charge in [-0.25, -0.2) is 0 Å². The summed E-state index contributed by atoms with van der Waals surface area (Å²) in [7, 11) is 0. The summed E-state index contributed by atoms with van der Waals surface area (Å²) >= 11 is 0. The van der Waals surface area contributed by atoms with Crippen molar-refractivity contribution in [1.29, 1.82) is 0 Å². The van der Waals surface area contributed by atoms with E-state index in [1.54, 1.807) is 0 Å². The van der Waals surface area contributed by atoms with Crippen LogP contribution in [0.2, 0.25) is 0 Å². The van der Waals surface area contributed by atoms with Crippen LogP contribution in [0.3, 0.4) is 0 Å². The molecule has 0 saturated carbocycles. The average Bonchev–Trinajstić information content (AvgIpc) is 1.72. The molecule has 0 bridgehead atoms. The van der Waals surface area contributed by atoms with Crippen molar-refractivity contribution in [3.05, 3.63) is 5.32 Å². The van der Waals surface area contributed by atoms with Crippen molar-refractivity contribution < 1.29 is 18.9 Å². The monoisotopic (exact) mass is 98.1 g/mol. The molecule has 1 fully saturated rings. The molecule has 1 rings (SSSR count). The van der Waals surface area contributed by atoms with E-state index in [1.165, 1.54) is 19.3 Å². The topological polar surface area (TPSA) is 14.1 Å². The molecular weight excluding hydrogens is 87.9 g/mol. The Bertz CT molecular complexity index is 25.9. The summed E-state index contributed by atoms with van der Waals surface area (Å²) in [5.74, 6) is 0. The van der Waals surface area contributed by atoms with Gasteiger partial charge in [0.1, 0.15) is 0 Å². The van der Waals surface area contributed by atoms with Gasteiger partial charge in [0.2, 0.25) is 0 Å². The molecule has 0 spiro atoms. The van der Waals surface area contributed by atoms with Crippen LogP contribution >= 0.6 is 0 Å². The average molecular weight is 98.0 g/mol. The van der Waals surface area contributed by atoms with Crippen LogP contribution in [0.5, 0.6) is 0 Å². The molecule has 3 heteroatoms. The third-order valence-corrected chi connectivity index (χ3v) is 1.13. The van der Waals surface area contributed by atoms with E-state index in [9.17, 15) is 0 Å². The molecule has 1 saturated heterocycles. The van der Waals surface area contributed by atoms with Crippen molar-refractivity contribution in [3.63, 3.8) is 0 Å². The first kappa shape index (κ1) is 11.9. The van der Waals surface area contributed by atoms with Crippen molar-refractivity contribution >= 4 is 18.9 Å². The first-order valence-electron chi connectivity index (χ1n) is 2.63. The Hall–Kier alpha value is 1.15. The van der Waals surface area contributed by atoms with Gasteiger partial charge in [0.25, 0.3) is 0 Å². The second kappa shape index (κ2) is 8.15. The molecule has 1 aliphatic rings. The van der Waals surface area contributed by atoms with Crippen molar-refractivity contribution in [2.24, 2.45) is 0 Å². The summed E-state index contributed by atoms with van der Waals surface area (Å²) < 4.78 is 0. The molecule has 0 unspecified atom stereocenters. The Morgan fingerprint density at radius 1 is 0.875 bits per heavy atom. The SMILES string of the molecule is C1CC[N-]CC1.[Li+].[Li]. The normalized spacial score (nSPS) is 18.0. The van der Waals surface area contributed by atoms with Gasteiger partial charge in [0.05, 0.1) is 0 Å². The summed E-state index contributed by atoms with van der Waals surface area (Å²) in [6, 6.07) is 0. The smallest absolute Gasteiger partial charge is 0.662 e. The number of piperidine rings is 1. The van der Waals surface area contributed by atoms with E-state index in [0.29, 0.717) is 0 Å². The van der Waals surface area contributed by atoms with Crippen LogP contribution in [0.25, 0.3) is 5.32 Å². The van der Waals surface area contributed by atoms with Crippen molar-refractivity contribution in [2.45, 2.75) is 19.3 Å². The fourth-order valence-corrected chi connectivity index (χ4v) is 0.736. The number of rotatable bonds is 0. The molecule has 0 N–H and O–H groups in total. The molecule has 0 amide bonds. The van der Waals surface area contributed by atoms with E-state index in [4.69, 9.17) is 0 Å². The minimum atomic E-state index is 0. The van der Waals surface area contributed by atoms with E-state index in [1.807, 2.05) is 0 Å². The van der Waals surface area contributed by atoms with Crippen LogP contribution in [-0.4, -0.2) is 32.0 Å². The molecule has 0 aliphatic carbocycles. The van der Waals surface area contributed by atoms with E-state index in [-0.39, 0.29) is 37.7 Å². The van der Waals surface area contributed by atoms with Crippen LogP contribution in [-0.2, 0) is 0 Å². The van der Waals surface area contributed by atoms with Crippen LogP contribution in [0, 0.1) is 0 Å². The van der Waals surface area contributed by atoms with Gasteiger partial charge in [-0.05, 0) is 0 Å². The molecule has 1 radical (unpaired) electrons. The predicted octanol–water partition coefficient (Wildman–Crippen LogP) is -1.83. The third kappa shape index (κ3) is 5.29. The van der Waals surface area contributed by atoms with E-state index >= 15 is 0 Å². The Kier molecular flexibility index (Phi) is 12.1. The van der Waals surface area contributed by atoms with Crippen molar-refractivity contribution in [2.75, 3.05) is 13.1 Å². The molecule has 1 nitrogen and oxygen atoms in total. The Morgan fingerprint density at radius 2 is 1.38 bits per heavy atom. The zero-order valence-electron chi connectivity index (χ0n) is 5.98. The van der Waals surface area contributed by atoms with Gasteiger partial charge in [-0.2, -0.15) is 0 Å². The number of hydrogen-bond donors (Lipinski definition) is 0. The quantitative estimate of drug-likeness (QED) is 0.316. The van der Waals surface area contributed by atoms with Crippen LogP contribution in [0.1, 0.15) is 19.3 Å². The standard InChI is InChI=1S/C5H10N.2Li/c1-2-4-6-5-3-1;;/h1-5H2;;/q-1;;+1. The molecule has 0 aromatic heterocycles. The van der Waals surface area contributed by atoms with E-state index < -0.39 is 0 Å². The number of nitrogens with zero attached hydrogens (tertiary/aromatic N) is 1. The second-order valence-corrected chi connectivity index (χ2v) is 1.73. The molecule has 1 aliphatic heterocycles. The molecule has 8 heavy (non-hydrogen) atoms. The van der Waals surface area contributed by atoms with Crippen LogP contribution in [0.15, 0.2) is 0 Å². The first-order valence-corrected chi connectivity index (χ1v) is 2.63. The van der Waals surface area contributed by atoms with Crippen molar-refractivity contribution in [3.8, 4) is 0 Å². The van der Waals surface area contributed by atoms with Crippen molar-refractivity contribution in [1.82, 2.24) is 0 Å². The third-order valence-electron chi connectivity index (χ3n) is 1.13. The maximum Gasteiger partial charge on any atom is 1.00 e. The second-order valence-electron chi connectivity index (χ2n) is 1.73. The predicted molar refractivity (Wildman–Crippen MR) is 32.7 cm³/mol. The summed E-state index contributed by atoms with van der Waals surface area (Å²) in [4.78, 5) is 0. The summed E-state index contributed by atoms with van der Waals surface area (Å²) in [5.41, 5.74) is 0. The van der Waals surface area contributed by atoms with E-state index in [2.05, 4.69) is 5.32 Å². The summed E-state index contributed by atoms with van der Waals surface area (Å²) in [6.07, 6.45) is 4.07. The first-order chi connectivity index (χ1) is 3.00. The minimum Gasteiger partial charge on any atom is -0.662 e. The molecule has 0 aromatic rings. The Labute approximate surface area is 75.3 Å². The van der Waals surface area contributed by atoms with Gasteiger partial charge in [-0.3, -0.25) is 0 Å². The summed E-state index contributed by atoms with van der Waals surface area (Å²) in [6.45, 7) is 2.25. The Balaban J connectivity index is 0. The van der Waals surface area contributed by atoms with Gasteiger partial charge < -0.3 is 5.32 Å². The van der Waals surface area contributed by atoms with Gasteiger partial charge in [-0.15, -0.1) is 13.1 Å². The minimum absolute atomic E-state index is 0. The van der Waals surface area contributed by atoms with Gasteiger partial charge in [0.15, 0.2) is 0 Å². The zero-order chi connectivity index (χ0) is 4.24. The molecule has 0 atom stereocenters. The fourth-order valence-electron chi connectivity index (χ4n) is 0.736. The van der Waals surface area contributed by atoms with Crippen LogP contribution in [0.4, 0.5) is 0 Å². The maximum atomic E-state index is 4.18. The van der Waals surface area contributed by atoms with E-state index in [0.717, 1.165) is 13.1 Å². The molecule has 37 valence electrons. The molecule has 1 heterocycles. The van der Waals surface area contributed by atoms with Crippen LogP contribution < -0.4 is 18.9 Å². The largest absolute Gasteiger partial charge is 1.00 e. The van der Waals surface area contributed by atoms with Gasteiger partial charge >= 0.3 is 18.9 Å².